The van der Waals surface area contributed by atoms with Crippen molar-refractivity contribution in [1.82, 2.24) is 0 Å². The third-order valence-corrected chi connectivity index (χ3v) is 23.0. The van der Waals surface area contributed by atoms with Crippen LogP contribution in [-0.2, 0) is 0 Å². The maximum absolute atomic E-state index is 2.45. The Morgan fingerprint density at radius 3 is 0.439 bits per heavy atom. The van der Waals surface area contributed by atoms with E-state index in [9.17, 15) is 0 Å². The molecular formula is C56H117P. The molecule has 0 aliphatic heterocycles. The van der Waals surface area contributed by atoms with Crippen molar-refractivity contribution in [2.45, 2.75) is 361 Å². The van der Waals surface area contributed by atoms with Gasteiger partial charge in [-0.3, -0.25) is 0 Å². The second-order valence-electron chi connectivity index (χ2n) is 20.0. The van der Waals surface area contributed by atoms with Gasteiger partial charge in [-0.2, -0.15) is 0 Å². The Morgan fingerprint density at radius 1 is 0.175 bits per heavy atom. The molecule has 0 fully saturated rings. The molecule has 0 amide bonds. The second-order valence-corrected chi connectivity index (χ2v) is 25.3. The predicted molar refractivity (Wildman–Crippen MR) is 272 cm³/mol. The SMILES string of the molecule is CCCCCCCC(CCCCCC)[PH](C(CCCCCC)CCCCCCC)(C(CCCCCC)CCCCCCC)C(CCCCCC)CCCCCCC. The van der Waals surface area contributed by atoms with Crippen LogP contribution in [0.2, 0.25) is 0 Å². The fourth-order valence-electron chi connectivity index (χ4n) is 11.8. The number of hydrogen-bond donors (Lipinski definition) is 0. The average molecular weight is 822 g/mol. The van der Waals surface area contributed by atoms with Crippen molar-refractivity contribution in [3.63, 3.8) is 0 Å². The van der Waals surface area contributed by atoms with E-state index < -0.39 is 7.26 Å². The first-order valence-electron chi connectivity index (χ1n) is 28.1. The van der Waals surface area contributed by atoms with Crippen molar-refractivity contribution in [2.24, 2.45) is 0 Å². The average Bonchev–Trinajstić information content (AvgIpc) is 3.22. The van der Waals surface area contributed by atoms with E-state index in [1.807, 2.05) is 0 Å². The third-order valence-electron chi connectivity index (χ3n) is 15.1. The molecule has 0 heterocycles. The van der Waals surface area contributed by atoms with Crippen molar-refractivity contribution < 1.29 is 0 Å². The zero-order valence-electron chi connectivity index (χ0n) is 41.9. The summed E-state index contributed by atoms with van der Waals surface area (Å²) in [7, 11) is -1.83. The minimum absolute atomic E-state index is 1.08. The molecule has 346 valence electrons. The Bertz CT molecular complexity index is 618. The van der Waals surface area contributed by atoms with E-state index in [1.165, 1.54) is 180 Å². The molecule has 0 aliphatic rings. The minimum atomic E-state index is -1.83. The molecule has 0 saturated carbocycles. The van der Waals surface area contributed by atoms with E-state index in [0.29, 0.717) is 0 Å². The van der Waals surface area contributed by atoms with Crippen molar-refractivity contribution in [2.75, 3.05) is 0 Å². The Labute approximate surface area is 366 Å². The molecule has 0 bridgehead atoms. The quantitative estimate of drug-likeness (QED) is 0.0424. The molecule has 0 aromatic carbocycles. The summed E-state index contributed by atoms with van der Waals surface area (Å²) in [6.07, 6.45) is 66.0. The standard InChI is InChI=1S/C56H117P/c1-9-17-25-33-41-49-53(45-37-29-21-13-5)57(54(46-38-30-22-14-6)50-42-34-26-18-10-2,55(47-39-31-23-15-7)51-43-35-27-19-11-3)56(48-40-32-24-16-8)52-44-36-28-20-12-4/h53-57H,9-52H2,1-8H3. The first-order chi connectivity index (χ1) is 28.1. The van der Waals surface area contributed by atoms with E-state index in [2.05, 4.69) is 55.4 Å². The number of rotatable bonds is 48. The van der Waals surface area contributed by atoms with E-state index in [4.69, 9.17) is 0 Å². The van der Waals surface area contributed by atoms with Crippen molar-refractivity contribution in [3.8, 4) is 0 Å². The van der Waals surface area contributed by atoms with Crippen LogP contribution >= 0.6 is 7.26 Å². The molecule has 4 unspecified atom stereocenters. The van der Waals surface area contributed by atoms with Gasteiger partial charge in [0.25, 0.3) is 0 Å². The Balaban J connectivity index is 7.86. The molecule has 0 rings (SSSR count). The van der Waals surface area contributed by atoms with Gasteiger partial charge in [-0.05, 0) is 0 Å². The summed E-state index contributed by atoms with van der Waals surface area (Å²) in [5.74, 6) is 0. The molecule has 4 atom stereocenters. The Kier molecular flexibility index (Phi) is 44.8. The molecule has 0 saturated heterocycles. The predicted octanol–water partition coefficient (Wildman–Crippen LogP) is 21.5. The fraction of sp³-hybridized carbons (Fsp3) is 1.00. The fourth-order valence-corrected chi connectivity index (χ4v) is 21.5. The molecule has 57 heavy (non-hydrogen) atoms. The van der Waals surface area contributed by atoms with Crippen LogP contribution in [0.15, 0.2) is 0 Å². The summed E-state index contributed by atoms with van der Waals surface area (Å²) < 4.78 is 0. The van der Waals surface area contributed by atoms with Crippen LogP contribution in [-0.4, -0.2) is 22.6 Å². The van der Waals surface area contributed by atoms with Gasteiger partial charge in [0.2, 0.25) is 0 Å². The molecule has 0 nitrogen and oxygen atoms in total. The van der Waals surface area contributed by atoms with Gasteiger partial charge in [0.1, 0.15) is 0 Å². The summed E-state index contributed by atoms with van der Waals surface area (Å²) in [5, 5.41) is 0. The summed E-state index contributed by atoms with van der Waals surface area (Å²) in [6, 6.07) is 0. The summed E-state index contributed by atoms with van der Waals surface area (Å²) in [5.41, 5.74) is 4.34. The summed E-state index contributed by atoms with van der Waals surface area (Å²) in [6.45, 7) is 19.5. The molecular weight excluding hydrogens is 704 g/mol. The third kappa shape index (κ3) is 28.6. The first kappa shape index (κ1) is 57.4. The van der Waals surface area contributed by atoms with Crippen LogP contribution in [0.1, 0.15) is 338 Å². The Hall–Kier alpha value is 0.430. The maximum atomic E-state index is 2.45. The van der Waals surface area contributed by atoms with Crippen molar-refractivity contribution in [3.05, 3.63) is 0 Å². The first-order valence-corrected chi connectivity index (χ1v) is 30.4. The van der Waals surface area contributed by atoms with Gasteiger partial charge >= 0.3 is 368 Å². The molecule has 1 heteroatoms. The molecule has 0 aromatic heterocycles. The molecule has 0 aliphatic carbocycles. The van der Waals surface area contributed by atoms with Crippen LogP contribution in [0.3, 0.4) is 0 Å². The number of unbranched alkanes of at least 4 members (excludes halogenated alkanes) is 28. The zero-order chi connectivity index (χ0) is 41.9. The van der Waals surface area contributed by atoms with Gasteiger partial charge in [0, 0.05) is 0 Å². The normalized spacial score (nSPS) is 14.6. The van der Waals surface area contributed by atoms with Gasteiger partial charge in [0.15, 0.2) is 0 Å². The van der Waals surface area contributed by atoms with Crippen molar-refractivity contribution >= 4 is 7.26 Å². The molecule has 0 aromatic rings. The van der Waals surface area contributed by atoms with Gasteiger partial charge in [0.05, 0.1) is 0 Å². The summed E-state index contributed by atoms with van der Waals surface area (Å²) >= 11 is 0. The van der Waals surface area contributed by atoms with Gasteiger partial charge < -0.3 is 0 Å². The monoisotopic (exact) mass is 821 g/mol. The van der Waals surface area contributed by atoms with Gasteiger partial charge in [-0.1, -0.05) is 0 Å². The molecule has 0 radical (unpaired) electrons. The topological polar surface area (TPSA) is 0 Å². The Morgan fingerprint density at radius 2 is 0.298 bits per heavy atom. The van der Waals surface area contributed by atoms with E-state index in [-0.39, 0.29) is 0 Å². The van der Waals surface area contributed by atoms with E-state index in [0.717, 1.165) is 22.6 Å². The second kappa shape index (κ2) is 44.5. The van der Waals surface area contributed by atoms with E-state index >= 15 is 0 Å². The van der Waals surface area contributed by atoms with Crippen LogP contribution in [0.5, 0.6) is 0 Å². The van der Waals surface area contributed by atoms with Gasteiger partial charge in [-0.25, -0.2) is 0 Å². The van der Waals surface area contributed by atoms with Gasteiger partial charge in [-0.15, -0.1) is 0 Å². The van der Waals surface area contributed by atoms with Crippen LogP contribution < -0.4 is 0 Å². The summed E-state index contributed by atoms with van der Waals surface area (Å²) in [4.78, 5) is 0. The van der Waals surface area contributed by atoms with Crippen molar-refractivity contribution in [1.29, 1.82) is 0 Å². The van der Waals surface area contributed by atoms with E-state index in [1.54, 1.807) is 103 Å². The van der Waals surface area contributed by atoms with Crippen LogP contribution in [0, 0.1) is 0 Å². The number of hydrogen-bond acceptors (Lipinski definition) is 0. The van der Waals surface area contributed by atoms with Crippen LogP contribution in [0.25, 0.3) is 0 Å². The molecule has 0 spiro atoms. The van der Waals surface area contributed by atoms with Crippen LogP contribution in [0.4, 0.5) is 0 Å². The molecule has 0 N–H and O–H groups in total. The zero-order valence-corrected chi connectivity index (χ0v) is 42.9.